The van der Waals surface area contributed by atoms with Crippen LogP contribution in [0.3, 0.4) is 0 Å². The molecule has 3 aromatic heterocycles. The molecule has 1 N–H and O–H groups in total. The first-order chi connectivity index (χ1) is 10.4. The molecular formula is C16H12N2OS2. The molecule has 4 rings (SSSR count). The van der Waals surface area contributed by atoms with Crippen LogP contribution in [-0.2, 0) is 6.61 Å². The molecule has 104 valence electrons. The second-order valence-electron chi connectivity index (χ2n) is 4.66. The number of aromatic nitrogens is 2. The molecule has 0 bridgehead atoms. The Morgan fingerprint density at radius 2 is 1.90 bits per heavy atom. The fourth-order valence-corrected chi connectivity index (χ4v) is 4.13. The zero-order chi connectivity index (χ0) is 14.2. The van der Waals surface area contributed by atoms with E-state index >= 15 is 0 Å². The molecule has 0 fully saturated rings. The zero-order valence-electron chi connectivity index (χ0n) is 11.1. The van der Waals surface area contributed by atoms with E-state index < -0.39 is 0 Å². The van der Waals surface area contributed by atoms with E-state index in [1.165, 1.54) is 5.56 Å². The number of hydrogen-bond acceptors (Lipinski definition) is 4. The molecule has 3 nitrogen and oxygen atoms in total. The molecule has 3 heterocycles. The number of imidazole rings is 1. The van der Waals surface area contributed by atoms with Gasteiger partial charge < -0.3 is 5.11 Å². The van der Waals surface area contributed by atoms with Crippen LogP contribution in [0.5, 0.6) is 0 Å². The Bertz CT molecular complexity index is 876. The summed E-state index contributed by atoms with van der Waals surface area (Å²) in [5.74, 6) is 0. The van der Waals surface area contributed by atoms with Gasteiger partial charge >= 0.3 is 0 Å². The molecule has 21 heavy (non-hydrogen) atoms. The van der Waals surface area contributed by atoms with Crippen LogP contribution in [0.4, 0.5) is 0 Å². The monoisotopic (exact) mass is 312 g/mol. The van der Waals surface area contributed by atoms with Crippen molar-refractivity contribution in [3.05, 3.63) is 59.7 Å². The maximum absolute atomic E-state index is 9.73. The van der Waals surface area contributed by atoms with Gasteiger partial charge in [0.2, 0.25) is 0 Å². The molecule has 0 unspecified atom stereocenters. The number of hydrogen-bond donors (Lipinski definition) is 1. The van der Waals surface area contributed by atoms with Crippen molar-refractivity contribution in [1.82, 2.24) is 9.38 Å². The third-order valence-corrected chi connectivity index (χ3v) is 5.30. The fraction of sp³-hybridized carbons (Fsp3) is 0.0625. The molecule has 0 saturated carbocycles. The van der Waals surface area contributed by atoms with Gasteiger partial charge in [-0.25, -0.2) is 4.98 Å². The summed E-state index contributed by atoms with van der Waals surface area (Å²) in [6.07, 6.45) is 2.06. The molecule has 0 saturated heterocycles. The van der Waals surface area contributed by atoms with Gasteiger partial charge in [0.1, 0.15) is 5.69 Å². The predicted molar refractivity (Wildman–Crippen MR) is 87.7 cm³/mol. The second kappa shape index (κ2) is 5.11. The van der Waals surface area contributed by atoms with Crippen molar-refractivity contribution in [2.75, 3.05) is 0 Å². The lowest BCUT2D eigenvalue weighted by molar-refractivity contribution is 0.276. The first-order valence-corrected chi connectivity index (χ1v) is 8.27. The highest BCUT2D eigenvalue weighted by Crippen LogP contribution is 2.34. The minimum absolute atomic E-state index is 0.0145. The zero-order valence-corrected chi connectivity index (χ0v) is 12.7. The molecule has 0 aliphatic rings. The topological polar surface area (TPSA) is 37.5 Å². The first-order valence-electron chi connectivity index (χ1n) is 6.58. The van der Waals surface area contributed by atoms with Crippen molar-refractivity contribution in [2.24, 2.45) is 0 Å². The van der Waals surface area contributed by atoms with E-state index in [2.05, 4.69) is 18.3 Å². The van der Waals surface area contributed by atoms with Crippen LogP contribution < -0.4 is 0 Å². The van der Waals surface area contributed by atoms with Crippen LogP contribution in [0.25, 0.3) is 26.0 Å². The highest BCUT2D eigenvalue weighted by atomic mass is 32.1. The predicted octanol–water partition coefficient (Wildman–Crippen LogP) is 4.28. The molecule has 4 aromatic rings. The van der Waals surface area contributed by atoms with Gasteiger partial charge in [-0.05, 0) is 17.0 Å². The lowest BCUT2D eigenvalue weighted by Crippen LogP contribution is -1.91. The highest BCUT2D eigenvalue weighted by Gasteiger charge is 2.16. The number of aliphatic hydroxyl groups is 1. The minimum atomic E-state index is -0.0145. The quantitative estimate of drug-likeness (QED) is 0.613. The van der Waals surface area contributed by atoms with Crippen LogP contribution in [0, 0.1) is 0 Å². The largest absolute Gasteiger partial charge is 0.390 e. The van der Waals surface area contributed by atoms with Crippen molar-refractivity contribution >= 4 is 27.6 Å². The summed E-state index contributed by atoms with van der Waals surface area (Å²) in [7, 11) is 0. The SMILES string of the molecule is OCc1c(-c2cccs2)nc2sc(-c3ccccc3)cn12. The molecular weight excluding hydrogens is 300 g/mol. The first kappa shape index (κ1) is 12.8. The number of rotatable bonds is 3. The molecule has 0 atom stereocenters. The standard InChI is InChI=1S/C16H12N2OS2/c19-10-12-15(13-7-4-8-20-13)17-16-18(12)9-14(21-16)11-5-2-1-3-6-11/h1-9,19H,10H2. The number of thiazole rings is 1. The van der Waals surface area contributed by atoms with E-state index in [0.29, 0.717) is 0 Å². The van der Waals surface area contributed by atoms with E-state index in [4.69, 9.17) is 4.98 Å². The van der Waals surface area contributed by atoms with Crippen LogP contribution >= 0.6 is 22.7 Å². The van der Waals surface area contributed by atoms with Gasteiger partial charge in [-0.1, -0.05) is 47.7 Å². The summed E-state index contributed by atoms with van der Waals surface area (Å²) in [6, 6.07) is 14.3. The Morgan fingerprint density at radius 1 is 1.05 bits per heavy atom. The number of benzene rings is 1. The van der Waals surface area contributed by atoms with Gasteiger partial charge in [0.15, 0.2) is 4.96 Å². The molecule has 0 aliphatic heterocycles. The fourth-order valence-electron chi connectivity index (χ4n) is 2.39. The van der Waals surface area contributed by atoms with Crippen LogP contribution in [0.2, 0.25) is 0 Å². The lowest BCUT2D eigenvalue weighted by atomic mass is 10.2. The Labute approximate surface area is 129 Å². The number of nitrogens with zero attached hydrogens (tertiary/aromatic N) is 2. The van der Waals surface area contributed by atoms with E-state index in [0.717, 1.165) is 26.1 Å². The smallest absolute Gasteiger partial charge is 0.195 e. The van der Waals surface area contributed by atoms with Crippen LogP contribution in [-0.4, -0.2) is 14.5 Å². The molecule has 0 aliphatic carbocycles. The van der Waals surface area contributed by atoms with E-state index in [-0.39, 0.29) is 6.61 Å². The van der Waals surface area contributed by atoms with E-state index in [9.17, 15) is 5.11 Å². The van der Waals surface area contributed by atoms with Crippen molar-refractivity contribution < 1.29 is 5.11 Å². The average Bonchev–Trinajstić information content (AvgIpc) is 3.22. The van der Waals surface area contributed by atoms with E-state index in [1.54, 1.807) is 22.7 Å². The molecule has 0 radical (unpaired) electrons. The Morgan fingerprint density at radius 3 is 2.62 bits per heavy atom. The normalized spacial score (nSPS) is 11.3. The van der Waals surface area contributed by atoms with Crippen LogP contribution in [0.1, 0.15) is 5.69 Å². The van der Waals surface area contributed by atoms with Crippen molar-refractivity contribution in [3.8, 4) is 21.0 Å². The summed E-state index contributed by atoms with van der Waals surface area (Å²) < 4.78 is 2.00. The minimum Gasteiger partial charge on any atom is -0.390 e. The lowest BCUT2D eigenvalue weighted by Gasteiger charge is -1.98. The summed E-state index contributed by atoms with van der Waals surface area (Å²) >= 11 is 3.29. The summed E-state index contributed by atoms with van der Waals surface area (Å²) in [5, 5.41) is 11.8. The van der Waals surface area contributed by atoms with Gasteiger partial charge in [-0.2, -0.15) is 0 Å². The Kier molecular flexibility index (Phi) is 3.11. The van der Waals surface area contributed by atoms with Crippen molar-refractivity contribution in [3.63, 3.8) is 0 Å². The second-order valence-corrected chi connectivity index (χ2v) is 6.61. The number of thiophene rings is 1. The summed E-state index contributed by atoms with van der Waals surface area (Å²) in [5.41, 5.74) is 2.92. The van der Waals surface area contributed by atoms with Gasteiger partial charge in [0, 0.05) is 6.20 Å². The van der Waals surface area contributed by atoms with Crippen molar-refractivity contribution in [1.29, 1.82) is 0 Å². The molecule has 0 amide bonds. The number of aliphatic hydroxyl groups excluding tert-OH is 1. The Hall–Kier alpha value is -1.95. The summed E-state index contributed by atoms with van der Waals surface area (Å²) in [6.45, 7) is -0.0145. The van der Waals surface area contributed by atoms with Gasteiger partial charge in [0.05, 0.1) is 22.1 Å². The Balaban J connectivity index is 1.89. The average molecular weight is 312 g/mol. The molecule has 5 heteroatoms. The third-order valence-electron chi connectivity index (χ3n) is 3.39. The van der Waals surface area contributed by atoms with Gasteiger partial charge in [0.25, 0.3) is 0 Å². The van der Waals surface area contributed by atoms with Gasteiger partial charge in [-0.3, -0.25) is 4.40 Å². The number of fused-ring (bicyclic) bond motifs is 1. The molecule has 0 spiro atoms. The van der Waals surface area contributed by atoms with E-state index in [1.807, 2.05) is 40.1 Å². The third kappa shape index (κ3) is 2.10. The van der Waals surface area contributed by atoms with Gasteiger partial charge in [-0.15, -0.1) is 11.3 Å². The highest BCUT2D eigenvalue weighted by molar-refractivity contribution is 7.20. The maximum Gasteiger partial charge on any atom is 0.195 e. The maximum atomic E-state index is 9.73. The molecule has 1 aromatic carbocycles. The summed E-state index contributed by atoms with van der Waals surface area (Å²) in [4.78, 5) is 7.87. The van der Waals surface area contributed by atoms with Crippen molar-refractivity contribution in [2.45, 2.75) is 6.61 Å². The van der Waals surface area contributed by atoms with Crippen LogP contribution in [0.15, 0.2) is 54.0 Å².